The molecule has 0 unspecified atom stereocenters. The van der Waals surface area contributed by atoms with Crippen molar-refractivity contribution in [2.45, 2.75) is 25.7 Å². The monoisotopic (exact) mass is 345 g/mol. The summed E-state index contributed by atoms with van der Waals surface area (Å²) in [5.41, 5.74) is 0. The van der Waals surface area contributed by atoms with Gasteiger partial charge in [0.15, 0.2) is 0 Å². The number of carboxylic acid groups (broad SMARTS) is 1. The second-order valence-electron chi connectivity index (χ2n) is 4.27. The van der Waals surface area contributed by atoms with Crippen molar-refractivity contribution in [3.8, 4) is 0 Å². The second kappa shape index (κ2) is 9.18. The molecule has 0 aliphatic carbocycles. The summed E-state index contributed by atoms with van der Waals surface area (Å²) in [6, 6.07) is 0. The molecule has 0 aromatic carbocycles. The molecule has 0 spiro atoms. The van der Waals surface area contributed by atoms with Crippen molar-refractivity contribution in [2.75, 3.05) is 38.8 Å². The maximum atomic E-state index is 10.3. The van der Waals surface area contributed by atoms with Gasteiger partial charge in [-0.1, -0.05) is 0 Å². The Labute approximate surface area is 109 Å². The van der Waals surface area contributed by atoms with Gasteiger partial charge in [-0.3, -0.25) is 0 Å². The summed E-state index contributed by atoms with van der Waals surface area (Å²) in [4.78, 5) is 10.3. The van der Waals surface area contributed by atoms with E-state index in [-0.39, 0.29) is 21.5 Å². The SMILES string of the molecule is COCC[I-][N+](C)(C)CCCCCC(=O)O. The summed E-state index contributed by atoms with van der Waals surface area (Å²) in [7, 11) is 6.27. The second-order valence-corrected chi connectivity index (χ2v) is 8.64. The molecule has 0 aromatic rings. The number of nitrogens with zero attached hydrogens (tertiary/aromatic N) is 1. The van der Waals surface area contributed by atoms with E-state index >= 15 is 0 Å². The molecule has 0 atom stereocenters. The van der Waals surface area contributed by atoms with E-state index in [2.05, 4.69) is 14.1 Å². The summed E-state index contributed by atoms with van der Waals surface area (Å²) < 4.78 is 7.36. The van der Waals surface area contributed by atoms with Crippen LogP contribution in [0, 0.1) is 0 Å². The van der Waals surface area contributed by atoms with Crippen LogP contribution >= 0.6 is 0 Å². The average Bonchev–Trinajstić information content (AvgIpc) is 2.16. The van der Waals surface area contributed by atoms with Gasteiger partial charge in [0.05, 0.1) is 0 Å². The van der Waals surface area contributed by atoms with E-state index in [0.717, 1.165) is 35.1 Å². The fourth-order valence-corrected chi connectivity index (χ4v) is 3.97. The van der Waals surface area contributed by atoms with E-state index in [1.54, 1.807) is 7.11 Å². The Morgan fingerprint density at radius 1 is 1.31 bits per heavy atom. The van der Waals surface area contributed by atoms with Crippen LogP contribution in [-0.2, 0) is 9.53 Å². The van der Waals surface area contributed by atoms with Crippen LogP contribution in [0.15, 0.2) is 0 Å². The van der Waals surface area contributed by atoms with Crippen molar-refractivity contribution < 1.29 is 38.8 Å². The summed E-state index contributed by atoms with van der Waals surface area (Å²) in [6.07, 6.45) is 3.28. The number of methoxy groups -OCH3 is 1. The van der Waals surface area contributed by atoms with E-state index in [9.17, 15) is 4.79 Å². The van der Waals surface area contributed by atoms with Gasteiger partial charge in [-0.05, 0) is 0 Å². The first kappa shape index (κ1) is 16.1. The Morgan fingerprint density at radius 2 is 2.00 bits per heavy atom. The number of hydrogen-bond donors (Lipinski definition) is 1. The Kier molecular flexibility index (Phi) is 9.25. The van der Waals surface area contributed by atoms with Gasteiger partial charge in [-0.15, -0.1) is 0 Å². The zero-order valence-electron chi connectivity index (χ0n) is 10.5. The zero-order valence-corrected chi connectivity index (χ0v) is 12.7. The summed E-state index contributed by atoms with van der Waals surface area (Å²) in [5.74, 6) is -0.679. The maximum absolute atomic E-state index is 10.3. The molecule has 5 heteroatoms. The number of alkyl halides is 1. The summed E-state index contributed by atoms with van der Waals surface area (Å²) >= 11 is 0.133. The number of hydrogen-bond acceptors (Lipinski definition) is 2. The predicted molar refractivity (Wildman–Crippen MR) is 59.8 cm³/mol. The van der Waals surface area contributed by atoms with Crippen LogP contribution in [-0.4, -0.2) is 52.6 Å². The van der Waals surface area contributed by atoms with Crippen LogP contribution in [0.5, 0.6) is 0 Å². The molecule has 0 amide bonds. The van der Waals surface area contributed by atoms with Crippen LogP contribution < -0.4 is 21.5 Å². The minimum atomic E-state index is -0.679. The first-order valence-corrected chi connectivity index (χ1v) is 8.12. The van der Waals surface area contributed by atoms with Crippen molar-refractivity contribution in [3.05, 3.63) is 0 Å². The molecule has 0 bridgehead atoms. The Balaban J connectivity index is 3.46. The molecule has 0 aromatic heterocycles. The van der Waals surface area contributed by atoms with Gasteiger partial charge in [0, 0.05) is 0 Å². The molecule has 98 valence electrons. The van der Waals surface area contributed by atoms with E-state index in [4.69, 9.17) is 9.84 Å². The molecule has 0 heterocycles. The van der Waals surface area contributed by atoms with E-state index in [1.807, 2.05) is 0 Å². The third-order valence-electron chi connectivity index (χ3n) is 2.27. The molecule has 0 aliphatic heterocycles. The Morgan fingerprint density at radius 3 is 2.56 bits per heavy atom. The number of quaternary nitrogens is 1. The van der Waals surface area contributed by atoms with Crippen LogP contribution in [0.2, 0.25) is 0 Å². The van der Waals surface area contributed by atoms with Crippen molar-refractivity contribution in [2.24, 2.45) is 0 Å². The number of halogens is 1. The van der Waals surface area contributed by atoms with Gasteiger partial charge in [-0.2, -0.15) is 0 Å². The number of aliphatic carboxylic acids is 1. The number of ether oxygens (including phenoxy) is 1. The van der Waals surface area contributed by atoms with E-state index in [1.165, 1.54) is 4.43 Å². The summed E-state index contributed by atoms with van der Waals surface area (Å²) in [6.45, 7) is 2.03. The van der Waals surface area contributed by atoms with Gasteiger partial charge in [0.25, 0.3) is 0 Å². The molecule has 4 nitrogen and oxygen atoms in total. The van der Waals surface area contributed by atoms with E-state index < -0.39 is 5.97 Å². The molecule has 0 fully saturated rings. The molecule has 0 radical (unpaired) electrons. The third kappa shape index (κ3) is 10.6. The normalized spacial score (nSPS) is 11.9. The number of carbonyl (C=O) groups is 1. The Bertz CT molecular complexity index is 198. The minimum absolute atomic E-state index is 0.133. The van der Waals surface area contributed by atoms with Crippen molar-refractivity contribution in [1.82, 2.24) is 0 Å². The molecule has 0 aliphatic rings. The zero-order chi connectivity index (χ0) is 12.4. The van der Waals surface area contributed by atoms with Gasteiger partial charge in [0.1, 0.15) is 0 Å². The summed E-state index contributed by atoms with van der Waals surface area (Å²) in [5, 5.41) is 8.50. The molecule has 1 N–H and O–H groups in total. The van der Waals surface area contributed by atoms with Gasteiger partial charge >= 0.3 is 109 Å². The Hall–Kier alpha value is 0.120. The van der Waals surface area contributed by atoms with Gasteiger partial charge in [0.2, 0.25) is 0 Å². The fraction of sp³-hybridized carbons (Fsp3) is 0.909. The number of carboxylic acids is 1. The fourth-order valence-electron chi connectivity index (χ4n) is 1.34. The third-order valence-corrected chi connectivity index (χ3v) is 5.52. The van der Waals surface area contributed by atoms with Gasteiger partial charge < -0.3 is 0 Å². The van der Waals surface area contributed by atoms with Crippen LogP contribution in [0.3, 0.4) is 0 Å². The van der Waals surface area contributed by atoms with E-state index in [0.29, 0.717) is 6.42 Å². The van der Waals surface area contributed by atoms with Crippen LogP contribution in [0.1, 0.15) is 25.7 Å². The van der Waals surface area contributed by atoms with Crippen LogP contribution in [0.25, 0.3) is 0 Å². The topological polar surface area (TPSA) is 46.5 Å². The molecule has 0 rings (SSSR count). The number of unbranched alkanes of at least 4 members (excludes halogenated alkanes) is 2. The predicted octanol–water partition coefficient (Wildman–Crippen LogP) is -1.64. The molecular weight excluding hydrogens is 321 g/mol. The van der Waals surface area contributed by atoms with Crippen molar-refractivity contribution >= 4 is 5.97 Å². The molecule has 0 saturated heterocycles. The standard InChI is InChI=1S/C11H24INO3/c1-13(2,12-8-10-16-3)9-6-4-5-7-11(14)15/h4-10H2,1-3H3,(H,14,15). The number of rotatable bonds is 10. The van der Waals surface area contributed by atoms with Crippen LogP contribution in [0.4, 0.5) is 0 Å². The molecular formula is C11H24INO3. The first-order chi connectivity index (χ1) is 7.48. The average molecular weight is 345 g/mol. The molecule has 0 saturated carbocycles. The van der Waals surface area contributed by atoms with Crippen molar-refractivity contribution in [3.63, 3.8) is 0 Å². The van der Waals surface area contributed by atoms with Gasteiger partial charge in [-0.25, -0.2) is 0 Å². The first-order valence-electron chi connectivity index (χ1n) is 5.63. The van der Waals surface area contributed by atoms with Crippen molar-refractivity contribution in [1.29, 1.82) is 0 Å². The molecule has 16 heavy (non-hydrogen) atoms. The quantitative estimate of drug-likeness (QED) is 0.224.